The molecule has 0 aromatic carbocycles. The number of aromatic nitrogens is 4. The van der Waals surface area contributed by atoms with Gasteiger partial charge in [-0.1, -0.05) is 0 Å². The molecule has 1 atom stereocenters. The highest BCUT2D eigenvalue weighted by molar-refractivity contribution is 5.51. The summed E-state index contributed by atoms with van der Waals surface area (Å²) in [5.41, 5.74) is 0. The fourth-order valence-corrected chi connectivity index (χ4v) is 3.15. The first-order chi connectivity index (χ1) is 12.4. The minimum absolute atomic E-state index is 0.0359. The van der Waals surface area contributed by atoms with E-state index in [1.54, 1.807) is 18.0 Å². The zero-order chi connectivity index (χ0) is 18.7. The van der Waals surface area contributed by atoms with Crippen LogP contribution >= 0.6 is 0 Å². The van der Waals surface area contributed by atoms with E-state index in [1.165, 1.54) is 18.7 Å². The lowest BCUT2D eigenvalue weighted by Gasteiger charge is -2.25. The van der Waals surface area contributed by atoms with Gasteiger partial charge in [0.15, 0.2) is 0 Å². The lowest BCUT2D eigenvalue weighted by atomic mass is 10.2. The van der Waals surface area contributed by atoms with Crippen molar-refractivity contribution in [3.8, 4) is 0 Å². The van der Waals surface area contributed by atoms with Crippen molar-refractivity contribution < 1.29 is 18.3 Å². The Hall–Kier alpha value is -2.36. The van der Waals surface area contributed by atoms with Crippen LogP contribution in [-0.2, 0) is 13.1 Å². The number of anilines is 2. The first-order valence-electron chi connectivity index (χ1n) is 8.35. The van der Waals surface area contributed by atoms with Crippen LogP contribution in [0.15, 0.2) is 24.8 Å². The van der Waals surface area contributed by atoms with Gasteiger partial charge in [-0.25, -0.2) is 15.0 Å². The molecule has 0 amide bonds. The molecule has 1 saturated heterocycles. The highest BCUT2D eigenvalue weighted by atomic mass is 19.4. The smallest absolute Gasteiger partial charge is 0.394 e. The van der Waals surface area contributed by atoms with Crippen LogP contribution in [0.25, 0.3) is 0 Å². The third kappa shape index (κ3) is 4.24. The third-order valence-corrected chi connectivity index (χ3v) is 4.44. The van der Waals surface area contributed by atoms with E-state index in [9.17, 15) is 18.3 Å². The zero-order valence-corrected chi connectivity index (χ0v) is 14.4. The van der Waals surface area contributed by atoms with Gasteiger partial charge in [0.25, 0.3) is 0 Å². The molecule has 0 radical (unpaired) electrons. The quantitative estimate of drug-likeness (QED) is 0.837. The normalized spacial score (nSPS) is 17.7. The summed E-state index contributed by atoms with van der Waals surface area (Å²) in [5.74, 6) is 1.59. The van der Waals surface area contributed by atoms with Crippen molar-refractivity contribution in [2.75, 3.05) is 30.0 Å². The maximum Gasteiger partial charge on any atom is 0.406 e. The molecule has 1 fully saturated rings. The summed E-state index contributed by atoms with van der Waals surface area (Å²) in [6, 6.07) is 1.82. The molecule has 1 N–H and O–H groups in total. The summed E-state index contributed by atoms with van der Waals surface area (Å²) in [6.07, 6.45) is 1.69. The van der Waals surface area contributed by atoms with E-state index in [1.807, 2.05) is 4.90 Å². The van der Waals surface area contributed by atoms with Gasteiger partial charge in [0, 0.05) is 32.1 Å². The van der Waals surface area contributed by atoms with Crippen molar-refractivity contribution in [3.05, 3.63) is 30.6 Å². The van der Waals surface area contributed by atoms with Gasteiger partial charge in [0.05, 0.1) is 19.2 Å². The minimum atomic E-state index is -4.30. The van der Waals surface area contributed by atoms with Crippen molar-refractivity contribution in [1.29, 1.82) is 0 Å². The number of hydrogen-bond acceptors (Lipinski definition) is 6. The van der Waals surface area contributed by atoms with Gasteiger partial charge >= 0.3 is 6.18 Å². The van der Waals surface area contributed by atoms with Crippen molar-refractivity contribution >= 4 is 11.6 Å². The Morgan fingerprint density at radius 3 is 2.85 bits per heavy atom. The standard InChI is InChI=1S/C16H21F3N6O/c1-23(8-15-20-4-6-24(15)10-16(17,18)19)13-7-14(22-11-21-13)25-5-2-3-12(25)9-26/h4,6-7,11-12,26H,2-3,5,8-10H2,1H3/t12-/m1/s1. The Morgan fingerprint density at radius 1 is 1.31 bits per heavy atom. The largest absolute Gasteiger partial charge is 0.406 e. The lowest BCUT2D eigenvalue weighted by molar-refractivity contribution is -0.141. The fourth-order valence-electron chi connectivity index (χ4n) is 3.15. The molecule has 0 spiro atoms. The van der Waals surface area contributed by atoms with Gasteiger partial charge in [0.1, 0.15) is 30.3 Å². The molecule has 2 aromatic rings. The number of aliphatic hydroxyl groups is 1. The van der Waals surface area contributed by atoms with Crippen LogP contribution in [0.4, 0.5) is 24.8 Å². The predicted molar refractivity (Wildman–Crippen MR) is 89.9 cm³/mol. The molecule has 142 valence electrons. The fraction of sp³-hybridized carbons (Fsp3) is 0.562. The van der Waals surface area contributed by atoms with E-state index >= 15 is 0 Å². The van der Waals surface area contributed by atoms with Crippen molar-refractivity contribution in [2.45, 2.75) is 38.1 Å². The molecule has 10 heteroatoms. The van der Waals surface area contributed by atoms with Gasteiger partial charge < -0.3 is 19.5 Å². The second kappa shape index (κ2) is 7.48. The number of imidazole rings is 1. The maximum atomic E-state index is 12.6. The molecule has 7 nitrogen and oxygen atoms in total. The first kappa shape index (κ1) is 18.4. The number of aliphatic hydroxyl groups excluding tert-OH is 1. The van der Waals surface area contributed by atoms with Gasteiger partial charge in [-0.2, -0.15) is 13.2 Å². The van der Waals surface area contributed by atoms with Crippen LogP contribution in [0, 0.1) is 0 Å². The van der Waals surface area contributed by atoms with E-state index in [0.717, 1.165) is 24.0 Å². The number of alkyl halides is 3. The first-order valence-corrected chi connectivity index (χ1v) is 8.35. The predicted octanol–water partition coefficient (Wildman–Crippen LogP) is 1.83. The van der Waals surface area contributed by atoms with E-state index in [2.05, 4.69) is 15.0 Å². The van der Waals surface area contributed by atoms with E-state index in [0.29, 0.717) is 17.5 Å². The van der Waals surface area contributed by atoms with Crippen molar-refractivity contribution in [3.63, 3.8) is 0 Å². The molecule has 26 heavy (non-hydrogen) atoms. The maximum absolute atomic E-state index is 12.6. The SMILES string of the molecule is CN(Cc1nccn1CC(F)(F)F)c1cc(N2CCC[C@@H]2CO)ncn1. The van der Waals surface area contributed by atoms with Gasteiger partial charge in [0.2, 0.25) is 0 Å². The third-order valence-electron chi connectivity index (χ3n) is 4.44. The number of hydrogen-bond donors (Lipinski definition) is 1. The molecule has 1 aliphatic heterocycles. The Balaban J connectivity index is 1.74. The summed E-state index contributed by atoms with van der Waals surface area (Å²) in [4.78, 5) is 16.3. The molecular weight excluding hydrogens is 349 g/mol. The molecule has 0 bridgehead atoms. The summed E-state index contributed by atoms with van der Waals surface area (Å²) < 4.78 is 39.0. The Morgan fingerprint density at radius 2 is 2.12 bits per heavy atom. The molecule has 0 aliphatic carbocycles. The van der Waals surface area contributed by atoms with Crippen LogP contribution < -0.4 is 9.80 Å². The summed E-state index contributed by atoms with van der Waals surface area (Å²) in [7, 11) is 1.74. The van der Waals surface area contributed by atoms with E-state index in [4.69, 9.17) is 0 Å². The second-order valence-electron chi connectivity index (χ2n) is 6.35. The van der Waals surface area contributed by atoms with Crippen LogP contribution in [0.1, 0.15) is 18.7 Å². The number of rotatable bonds is 6. The van der Waals surface area contributed by atoms with Crippen molar-refractivity contribution in [2.24, 2.45) is 0 Å². The van der Waals surface area contributed by atoms with Gasteiger partial charge in [-0.15, -0.1) is 0 Å². The number of nitrogens with zero attached hydrogens (tertiary/aromatic N) is 6. The average molecular weight is 370 g/mol. The number of halogens is 3. The zero-order valence-electron chi connectivity index (χ0n) is 14.4. The summed E-state index contributed by atoms with van der Waals surface area (Å²) in [5, 5.41) is 9.47. The molecule has 3 rings (SSSR count). The van der Waals surface area contributed by atoms with Crippen LogP contribution in [0.3, 0.4) is 0 Å². The van der Waals surface area contributed by atoms with Crippen LogP contribution in [-0.4, -0.2) is 57.0 Å². The average Bonchev–Trinajstić information content (AvgIpc) is 3.23. The van der Waals surface area contributed by atoms with Crippen LogP contribution in [0.2, 0.25) is 0 Å². The Kier molecular flexibility index (Phi) is 5.30. The minimum Gasteiger partial charge on any atom is -0.394 e. The molecule has 0 unspecified atom stereocenters. The summed E-state index contributed by atoms with van der Waals surface area (Å²) in [6.45, 7) is -0.0223. The molecule has 3 heterocycles. The molecule has 1 aliphatic rings. The highest BCUT2D eigenvalue weighted by Crippen LogP contribution is 2.26. The van der Waals surface area contributed by atoms with Gasteiger partial charge in [-0.3, -0.25) is 0 Å². The van der Waals surface area contributed by atoms with Crippen LogP contribution in [0.5, 0.6) is 0 Å². The second-order valence-corrected chi connectivity index (χ2v) is 6.35. The van der Waals surface area contributed by atoms with Gasteiger partial charge in [-0.05, 0) is 12.8 Å². The Bertz CT molecular complexity index is 735. The molecule has 2 aromatic heterocycles. The topological polar surface area (TPSA) is 70.3 Å². The summed E-state index contributed by atoms with van der Waals surface area (Å²) >= 11 is 0. The van der Waals surface area contributed by atoms with E-state index in [-0.39, 0.29) is 19.2 Å². The monoisotopic (exact) mass is 370 g/mol. The highest BCUT2D eigenvalue weighted by Gasteiger charge is 2.29. The van der Waals surface area contributed by atoms with E-state index < -0.39 is 12.7 Å². The molecule has 0 saturated carbocycles. The van der Waals surface area contributed by atoms with Crippen molar-refractivity contribution in [1.82, 2.24) is 19.5 Å². The molecular formula is C16H21F3N6O. The Labute approximate surface area is 149 Å². The lowest BCUT2D eigenvalue weighted by Crippen LogP contribution is -2.33.